The van der Waals surface area contributed by atoms with Gasteiger partial charge in [-0.15, -0.1) is 0 Å². The molecule has 0 radical (unpaired) electrons. The van der Waals surface area contributed by atoms with Gasteiger partial charge in [0.1, 0.15) is 11.8 Å². The maximum absolute atomic E-state index is 16.0. The van der Waals surface area contributed by atoms with E-state index < -0.39 is 22.9 Å². The summed E-state index contributed by atoms with van der Waals surface area (Å²) in [6.07, 6.45) is 5.37. The average molecular weight is 372 g/mol. The summed E-state index contributed by atoms with van der Waals surface area (Å²) in [5, 5.41) is 24.1. The van der Waals surface area contributed by atoms with E-state index in [1.807, 2.05) is 21.0 Å². The number of hydrogen-bond acceptors (Lipinski definition) is 3. The molecule has 0 heterocycles. The number of halogens is 2. The maximum Gasteiger partial charge on any atom is 0.158 e. The van der Waals surface area contributed by atoms with E-state index in [9.17, 15) is 14.6 Å². The van der Waals surface area contributed by atoms with Gasteiger partial charge in [-0.2, -0.15) is 0 Å². The fraction of sp³-hybridized carbons (Fsp3) is 0.905. The minimum atomic E-state index is -1.76. The second kappa shape index (κ2) is 7.14. The van der Waals surface area contributed by atoms with Gasteiger partial charge in [0.05, 0.1) is 6.10 Å². The Bertz CT molecular complexity index is 556. The van der Waals surface area contributed by atoms with E-state index in [4.69, 9.17) is 0 Å². The molecule has 3 saturated carbocycles. The molecular formula is C21H35F2NO2. The van der Waals surface area contributed by atoms with E-state index in [-0.39, 0.29) is 24.4 Å². The monoisotopic (exact) mass is 371 g/mol. The molecule has 0 aromatic carbocycles. The predicted octanol–water partition coefficient (Wildman–Crippen LogP) is 3.69. The van der Waals surface area contributed by atoms with E-state index >= 15 is 4.39 Å². The van der Waals surface area contributed by atoms with Crippen LogP contribution in [0, 0.1) is 17.3 Å². The molecule has 7 atom stereocenters. The highest BCUT2D eigenvalue weighted by atomic mass is 19.1. The Labute approximate surface area is 156 Å². The van der Waals surface area contributed by atoms with Crippen molar-refractivity contribution >= 4 is 0 Å². The van der Waals surface area contributed by atoms with Crippen molar-refractivity contribution in [3.63, 3.8) is 0 Å². The molecule has 150 valence electrons. The van der Waals surface area contributed by atoms with Crippen molar-refractivity contribution in [3.8, 4) is 0 Å². The van der Waals surface area contributed by atoms with Gasteiger partial charge in [-0.3, -0.25) is 0 Å². The van der Waals surface area contributed by atoms with Crippen LogP contribution in [0.25, 0.3) is 0 Å². The van der Waals surface area contributed by atoms with Gasteiger partial charge in [-0.25, -0.2) is 8.78 Å². The van der Waals surface area contributed by atoms with Crippen molar-refractivity contribution in [1.29, 1.82) is 0 Å². The van der Waals surface area contributed by atoms with E-state index in [2.05, 4.69) is 5.32 Å². The quantitative estimate of drug-likeness (QED) is 0.569. The third-order valence-corrected chi connectivity index (χ3v) is 7.68. The molecule has 0 aliphatic heterocycles. The lowest BCUT2D eigenvalue weighted by molar-refractivity contribution is -0.186. The third kappa shape index (κ3) is 3.04. The summed E-state index contributed by atoms with van der Waals surface area (Å²) >= 11 is 0. The van der Waals surface area contributed by atoms with Gasteiger partial charge in [0.15, 0.2) is 5.67 Å². The van der Waals surface area contributed by atoms with Crippen LogP contribution in [0.1, 0.15) is 64.7 Å². The van der Waals surface area contributed by atoms with Crippen LogP contribution in [0.5, 0.6) is 0 Å². The van der Waals surface area contributed by atoms with Crippen LogP contribution in [0.3, 0.4) is 0 Å². The zero-order chi connectivity index (χ0) is 19.2. The Balaban J connectivity index is 0.000000613. The molecule has 4 aliphatic rings. The van der Waals surface area contributed by atoms with Gasteiger partial charge in [0, 0.05) is 5.41 Å². The first-order chi connectivity index (χ1) is 12.2. The fourth-order valence-corrected chi connectivity index (χ4v) is 6.16. The lowest BCUT2D eigenvalue weighted by Gasteiger charge is -2.54. The molecule has 6 unspecified atom stereocenters. The Kier molecular flexibility index (Phi) is 5.55. The van der Waals surface area contributed by atoms with Crippen molar-refractivity contribution in [2.45, 2.75) is 88.3 Å². The van der Waals surface area contributed by atoms with E-state index in [1.165, 1.54) is 0 Å². The molecule has 0 saturated heterocycles. The Hall–Kier alpha value is -0.520. The smallest absolute Gasteiger partial charge is 0.158 e. The predicted molar refractivity (Wildman–Crippen MR) is 99.4 cm³/mol. The van der Waals surface area contributed by atoms with Crippen molar-refractivity contribution in [2.75, 3.05) is 14.1 Å². The molecule has 3 N–H and O–H groups in total. The number of aliphatic hydroxyl groups is 2. The normalized spacial score (nSPS) is 50.3. The Morgan fingerprint density at radius 1 is 1.08 bits per heavy atom. The first-order valence-electron chi connectivity index (χ1n) is 10.2. The highest BCUT2D eigenvalue weighted by Crippen LogP contribution is 2.63. The highest BCUT2D eigenvalue weighted by molar-refractivity contribution is 5.29. The van der Waals surface area contributed by atoms with Crippen LogP contribution in [0.15, 0.2) is 11.6 Å². The summed E-state index contributed by atoms with van der Waals surface area (Å²) in [5.41, 5.74) is -2.81. The van der Waals surface area contributed by atoms with Crippen LogP contribution in [-0.4, -0.2) is 47.9 Å². The molecule has 0 spiro atoms. The average Bonchev–Trinajstić information content (AvgIpc) is 2.82. The van der Waals surface area contributed by atoms with E-state index in [1.54, 1.807) is 6.08 Å². The topological polar surface area (TPSA) is 52.5 Å². The molecule has 0 bridgehead atoms. The van der Waals surface area contributed by atoms with Gasteiger partial charge in [-0.05, 0) is 89.8 Å². The van der Waals surface area contributed by atoms with Crippen molar-refractivity contribution in [3.05, 3.63) is 11.6 Å². The molecule has 0 amide bonds. The van der Waals surface area contributed by atoms with Gasteiger partial charge in [0.2, 0.25) is 0 Å². The fourth-order valence-electron chi connectivity index (χ4n) is 6.16. The summed E-state index contributed by atoms with van der Waals surface area (Å²) in [5.74, 6) is -0.0276. The molecule has 3 fully saturated rings. The molecule has 4 rings (SSSR count). The van der Waals surface area contributed by atoms with Crippen LogP contribution >= 0.6 is 0 Å². The van der Waals surface area contributed by atoms with Crippen molar-refractivity contribution < 1.29 is 19.0 Å². The van der Waals surface area contributed by atoms with Crippen molar-refractivity contribution in [2.24, 2.45) is 17.3 Å². The largest absolute Gasteiger partial charge is 0.393 e. The van der Waals surface area contributed by atoms with Crippen LogP contribution in [0.4, 0.5) is 8.78 Å². The number of aliphatic hydroxyl groups excluding tert-OH is 1. The second-order valence-corrected chi connectivity index (χ2v) is 9.28. The van der Waals surface area contributed by atoms with Gasteiger partial charge < -0.3 is 15.5 Å². The number of rotatable bonds is 0. The SMILES string of the molecule is CC12CCC3(F)C=C4CC(O)CCC4CC[C@]3(O)C1CCC2F.CNC. The standard InChI is InChI=1S/C19H28F2O2.C2H7N/c1-17-8-9-18(21)11-13-10-14(22)3-2-12(13)6-7-19(18,23)15(17)4-5-16(17)20;1-3-2/h11-12,14-16,22-23H,2-10H2,1H3;3H,1-2H3/t12?,14?,15?,16?,17?,18?,19-;/m0./s1. The molecule has 5 heteroatoms. The molecular weight excluding hydrogens is 336 g/mol. The minimum Gasteiger partial charge on any atom is -0.393 e. The lowest BCUT2D eigenvalue weighted by Crippen LogP contribution is -2.62. The number of hydrogen-bond donors (Lipinski definition) is 3. The van der Waals surface area contributed by atoms with Crippen LogP contribution in [-0.2, 0) is 0 Å². The molecule has 26 heavy (non-hydrogen) atoms. The summed E-state index contributed by atoms with van der Waals surface area (Å²) in [7, 11) is 3.75. The molecule has 0 aromatic heterocycles. The third-order valence-electron chi connectivity index (χ3n) is 7.68. The number of fused-ring (bicyclic) bond motifs is 4. The van der Waals surface area contributed by atoms with Gasteiger partial charge in [0.25, 0.3) is 0 Å². The Morgan fingerprint density at radius 3 is 2.46 bits per heavy atom. The van der Waals surface area contributed by atoms with Gasteiger partial charge >= 0.3 is 0 Å². The summed E-state index contributed by atoms with van der Waals surface area (Å²) in [6.45, 7) is 1.90. The molecule has 0 aromatic rings. The van der Waals surface area contributed by atoms with E-state index in [0.717, 1.165) is 24.8 Å². The Morgan fingerprint density at radius 2 is 1.77 bits per heavy atom. The van der Waals surface area contributed by atoms with Crippen molar-refractivity contribution in [1.82, 2.24) is 5.32 Å². The maximum atomic E-state index is 16.0. The van der Waals surface area contributed by atoms with Crippen LogP contribution in [0.2, 0.25) is 0 Å². The number of nitrogens with one attached hydrogen (secondary N) is 1. The zero-order valence-corrected chi connectivity index (χ0v) is 16.4. The first kappa shape index (κ1) is 20.2. The highest BCUT2D eigenvalue weighted by Gasteiger charge is 2.67. The van der Waals surface area contributed by atoms with E-state index in [0.29, 0.717) is 32.1 Å². The summed E-state index contributed by atoms with van der Waals surface area (Å²) in [6, 6.07) is 0. The second-order valence-electron chi connectivity index (χ2n) is 9.28. The van der Waals surface area contributed by atoms with Gasteiger partial charge in [-0.1, -0.05) is 12.5 Å². The minimum absolute atomic E-state index is 0.198. The first-order valence-corrected chi connectivity index (χ1v) is 10.2. The number of alkyl halides is 2. The molecule has 3 nitrogen and oxygen atoms in total. The summed E-state index contributed by atoms with van der Waals surface area (Å²) < 4.78 is 30.4. The zero-order valence-electron chi connectivity index (χ0n) is 16.4. The summed E-state index contributed by atoms with van der Waals surface area (Å²) in [4.78, 5) is 0. The van der Waals surface area contributed by atoms with Crippen LogP contribution < -0.4 is 5.32 Å². The molecule has 4 aliphatic carbocycles. The lowest BCUT2D eigenvalue weighted by atomic mass is 9.55.